The van der Waals surface area contributed by atoms with Crippen LogP contribution in [0.2, 0.25) is 0 Å². The minimum Gasteiger partial charge on any atom is -0.392 e. The van der Waals surface area contributed by atoms with Crippen molar-refractivity contribution in [2.45, 2.75) is 31.8 Å². The molecule has 1 saturated heterocycles. The number of rotatable bonds is 3. The van der Waals surface area contributed by atoms with E-state index >= 15 is 0 Å². The molecule has 118 valence electrons. The third kappa shape index (κ3) is 3.25. The van der Waals surface area contributed by atoms with Crippen LogP contribution < -0.4 is 0 Å². The summed E-state index contributed by atoms with van der Waals surface area (Å²) >= 11 is 0. The summed E-state index contributed by atoms with van der Waals surface area (Å²) in [7, 11) is -4.11. The Labute approximate surface area is 123 Å². The summed E-state index contributed by atoms with van der Waals surface area (Å²) in [6.45, 7) is 3.89. The Morgan fingerprint density at radius 3 is 2.33 bits per heavy atom. The zero-order valence-electron chi connectivity index (χ0n) is 12.0. The quantitative estimate of drug-likeness (QED) is 0.928. The Kier molecular flexibility index (Phi) is 4.65. The van der Waals surface area contributed by atoms with Gasteiger partial charge in [-0.2, -0.15) is 4.31 Å². The Morgan fingerprint density at radius 1 is 1.24 bits per heavy atom. The van der Waals surface area contributed by atoms with E-state index in [9.17, 15) is 17.2 Å². The van der Waals surface area contributed by atoms with E-state index in [1.807, 2.05) is 13.8 Å². The highest BCUT2D eigenvalue weighted by Gasteiger charge is 2.34. The Balaban J connectivity index is 2.46. The van der Waals surface area contributed by atoms with Crippen LogP contribution in [0.15, 0.2) is 17.0 Å². The predicted octanol–water partition coefficient (Wildman–Crippen LogP) is 2.12. The zero-order valence-corrected chi connectivity index (χ0v) is 12.8. The summed E-state index contributed by atoms with van der Waals surface area (Å²) in [4.78, 5) is -0.701. The van der Waals surface area contributed by atoms with Crippen LogP contribution in [0.1, 0.15) is 25.8 Å². The lowest BCUT2D eigenvalue weighted by Crippen LogP contribution is -2.42. The first-order valence-electron chi connectivity index (χ1n) is 6.84. The molecule has 0 saturated carbocycles. The van der Waals surface area contributed by atoms with E-state index in [2.05, 4.69) is 0 Å². The van der Waals surface area contributed by atoms with Crippen molar-refractivity contribution in [2.24, 2.45) is 11.8 Å². The molecule has 0 aromatic heterocycles. The minimum absolute atomic E-state index is 0.0329. The van der Waals surface area contributed by atoms with Crippen molar-refractivity contribution in [1.29, 1.82) is 0 Å². The molecule has 1 heterocycles. The molecule has 21 heavy (non-hydrogen) atoms. The Hall–Kier alpha value is -1.05. The maximum atomic E-state index is 13.9. The van der Waals surface area contributed by atoms with Gasteiger partial charge >= 0.3 is 0 Å². The number of hydrogen-bond donors (Lipinski definition) is 1. The molecule has 4 nitrogen and oxygen atoms in total. The summed E-state index contributed by atoms with van der Waals surface area (Å²) in [6, 6.07) is 1.80. The van der Waals surface area contributed by atoms with Crippen molar-refractivity contribution in [1.82, 2.24) is 4.31 Å². The second-order valence-electron chi connectivity index (χ2n) is 5.82. The molecule has 1 aliphatic heterocycles. The van der Waals surface area contributed by atoms with Gasteiger partial charge in [0.25, 0.3) is 0 Å². The Morgan fingerprint density at radius 2 is 1.81 bits per heavy atom. The second kappa shape index (κ2) is 5.98. The molecule has 1 N–H and O–H groups in total. The van der Waals surface area contributed by atoms with Crippen LogP contribution in [0.25, 0.3) is 0 Å². The van der Waals surface area contributed by atoms with Gasteiger partial charge in [-0.05, 0) is 36.0 Å². The first-order chi connectivity index (χ1) is 9.75. The van der Waals surface area contributed by atoms with Crippen LogP contribution in [0, 0.1) is 23.5 Å². The van der Waals surface area contributed by atoms with E-state index in [0.29, 0.717) is 0 Å². The van der Waals surface area contributed by atoms with E-state index < -0.39 is 33.2 Å². The van der Waals surface area contributed by atoms with Crippen LogP contribution in [-0.2, 0) is 16.6 Å². The molecule has 2 atom stereocenters. The van der Waals surface area contributed by atoms with Gasteiger partial charge in [-0.1, -0.05) is 13.8 Å². The topological polar surface area (TPSA) is 57.6 Å². The lowest BCUT2D eigenvalue weighted by Gasteiger charge is -2.34. The van der Waals surface area contributed by atoms with Crippen molar-refractivity contribution < 1.29 is 22.3 Å². The standard InChI is InChI=1S/C14H19F2NO3S/c1-9-3-10(2)7-17(6-9)21(19,20)13-5-11(8-18)4-12(15)14(13)16/h4-5,9-10,18H,3,6-8H2,1-2H3. The first kappa shape index (κ1) is 16.3. The van der Waals surface area contributed by atoms with Crippen molar-refractivity contribution in [3.8, 4) is 0 Å². The third-order valence-corrected chi connectivity index (χ3v) is 5.52. The molecule has 0 aliphatic carbocycles. The number of halogens is 2. The predicted molar refractivity (Wildman–Crippen MR) is 74.0 cm³/mol. The van der Waals surface area contributed by atoms with Crippen LogP contribution in [0.3, 0.4) is 0 Å². The largest absolute Gasteiger partial charge is 0.392 e. The highest BCUT2D eigenvalue weighted by atomic mass is 32.2. The van der Waals surface area contributed by atoms with Crippen molar-refractivity contribution in [3.05, 3.63) is 29.3 Å². The van der Waals surface area contributed by atoms with Gasteiger partial charge in [-0.25, -0.2) is 17.2 Å². The van der Waals surface area contributed by atoms with Crippen molar-refractivity contribution >= 4 is 10.0 Å². The molecule has 0 bridgehead atoms. The van der Waals surface area contributed by atoms with Gasteiger partial charge in [0.05, 0.1) is 6.61 Å². The van der Waals surface area contributed by atoms with Crippen LogP contribution in [0.4, 0.5) is 8.78 Å². The summed E-state index contributed by atoms with van der Waals surface area (Å²) in [5.74, 6) is -2.33. The van der Waals surface area contributed by atoms with Gasteiger partial charge in [-0.3, -0.25) is 0 Å². The molecule has 2 unspecified atom stereocenters. The van der Waals surface area contributed by atoms with Crippen LogP contribution >= 0.6 is 0 Å². The van der Waals surface area contributed by atoms with Crippen molar-refractivity contribution in [2.75, 3.05) is 13.1 Å². The van der Waals surface area contributed by atoms with Gasteiger partial charge in [0, 0.05) is 13.1 Å². The molecule has 1 aromatic carbocycles. The van der Waals surface area contributed by atoms with Crippen molar-refractivity contribution in [3.63, 3.8) is 0 Å². The molecule has 1 aromatic rings. The lowest BCUT2D eigenvalue weighted by atomic mass is 9.94. The van der Waals surface area contributed by atoms with E-state index in [4.69, 9.17) is 5.11 Å². The number of sulfonamides is 1. The number of aliphatic hydroxyl groups is 1. The molecular formula is C14H19F2NO3S. The summed E-state index contributed by atoms with van der Waals surface area (Å²) in [6.07, 6.45) is 0.902. The molecule has 0 amide bonds. The van der Waals surface area contributed by atoms with E-state index in [0.717, 1.165) is 18.6 Å². The zero-order chi connectivity index (χ0) is 15.8. The third-order valence-electron chi connectivity index (χ3n) is 3.69. The number of nitrogens with zero attached hydrogens (tertiary/aromatic N) is 1. The molecule has 0 radical (unpaired) electrons. The average molecular weight is 319 g/mol. The smallest absolute Gasteiger partial charge is 0.246 e. The fourth-order valence-electron chi connectivity index (χ4n) is 2.84. The highest BCUT2D eigenvalue weighted by Crippen LogP contribution is 2.29. The van der Waals surface area contributed by atoms with Crippen LogP contribution in [-0.4, -0.2) is 30.9 Å². The van der Waals surface area contributed by atoms with Gasteiger partial charge in [0.2, 0.25) is 10.0 Å². The number of benzene rings is 1. The normalized spacial score (nSPS) is 24.2. The maximum absolute atomic E-state index is 13.9. The molecule has 1 aliphatic rings. The van der Waals surface area contributed by atoms with Gasteiger partial charge in [0.15, 0.2) is 11.6 Å². The van der Waals surface area contributed by atoms with Crippen LogP contribution in [0.5, 0.6) is 0 Å². The van der Waals surface area contributed by atoms with E-state index in [-0.39, 0.29) is 30.5 Å². The number of hydrogen-bond acceptors (Lipinski definition) is 3. The first-order valence-corrected chi connectivity index (χ1v) is 8.28. The highest BCUT2D eigenvalue weighted by molar-refractivity contribution is 7.89. The monoisotopic (exact) mass is 319 g/mol. The average Bonchev–Trinajstić information content (AvgIpc) is 2.40. The Bertz CT molecular complexity index is 623. The second-order valence-corrected chi connectivity index (χ2v) is 7.72. The molecule has 0 spiro atoms. The maximum Gasteiger partial charge on any atom is 0.246 e. The fourth-order valence-corrected chi connectivity index (χ4v) is 4.64. The minimum atomic E-state index is -4.11. The summed E-state index contributed by atoms with van der Waals surface area (Å²) in [5, 5.41) is 9.04. The van der Waals surface area contributed by atoms with Gasteiger partial charge in [0.1, 0.15) is 4.90 Å². The molecule has 7 heteroatoms. The van der Waals surface area contributed by atoms with E-state index in [1.54, 1.807) is 0 Å². The van der Waals surface area contributed by atoms with Gasteiger partial charge in [-0.15, -0.1) is 0 Å². The SMILES string of the molecule is CC1CC(C)CN(S(=O)(=O)c2cc(CO)cc(F)c2F)C1. The molecule has 2 rings (SSSR count). The fraction of sp³-hybridized carbons (Fsp3) is 0.571. The number of piperidine rings is 1. The molecule has 1 fully saturated rings. The summed E-state index contributed by atoms with van der Waals surface area (Å²) in [5.41, 5.74) is 0.0329. The van der Waals surface area contributed by atoms with Gasteiger partial charge < -0.3 is 5.11 Å². The van der Waals surface area contributed by atoms with E-state index in [1.165, 1.54) is 4.31 Å². The lowest BCUT2D eigenvalue weighted by molar-refractivity contribution is 0.222. The number of aliphatic hydroxyl groups excluding tert-OH is 1. The molecular weight excluding hydrogens is 300 g/mol. The summed E-state index contributed by atoms with van der Waals surface area (Å²) < 4.78 is 53.7.